The monoisotopic (exact) mass is 138 g/mol. The van der Waals surface area contributed by atoms with Crippen LogP contribution in [0.3, 0.4) is 0 Å². The van der Waals surface area contributed by atoms with Gasteiger partial charge >= 0.3 is 0 Å². The molecule has 0 N–H and O–H groups in total. The Morgan fingerprint density at radius 3 is 2.40 bits per heavy atom. The third-order valence-corrected chi connectivity index (χ3v) is 3.14. The van der Waals surface area contributed by atoms with Crippen LogP contribution in [-0.4, -0.2) is 0 Å². The molecule has 0 aromatic rings. The molecule has 58 valence electrons. The maximum Gasteiger partial charge on any atom is -0.0175 e. The van der Waals surface area contributed by atoms with E-state index in [4.69, 9.17) is 0 Å². The van der Waals surface area contributed by atoms with Crippen LogP contribution in [0.25, 0.3) is 0 Å². The molecule has 3 atom stereocenters. The Morgan fingerprint density at radius 1 is 1.50 bits per heavy atom. The maximum absolute atomic E-state index is 4.08. The molecule has 10 heavy (non-hydrogen) atoms. The molecule has 0 amide bonds. The second kappa shape index (κ2) is 2.77. The van der Waals surface area contributed by atoms with E-state index in [0.717, 1.165) is 17.8 Å². The van der Waals surface area contributed by atoms with Crippen molar-refractivity contribution < 1.29 is 0 Å². The topological polar surface area (TPSA) is 0 Å². The molecular weight excluding hydrogens is 120 g/mol. The van der Waals surface area contributed by atoms with Crippen molar-refractivity contribution in [1.82, 2.24) is 0 Å². The SMILES string of the molecule is C=C(CC)C1CC(C)C1C. The molecule has 0 aromatic heterocycles. The average Bonchev–Trinajstić information content (AvgIpc) is 1.98. The zero-order valence-corrected chi connectivity index (χ0v) is 7.35. The lowest BCUT2D eigenvalue weighted by Gasteiger charge is -2.42. The summed E-state index contributed by atoms with van der Waals surface area (Å²) in [5, 5.41) is 0. The standard InChI is InChI=1S/C10H18/c1-5-7(2)10-6-8(3)9(10)4/h8-10H,2,5-6H2,1,3-4H3. The minimum absolute atomic E-state index is 0.847. The van der Waals surface area contributed by atoms with E-state index in [1.165, 1.54) is 18.4 Å². The van der Waals surface area contributed by atoms with E-state index >= 15 is 0 Å². The summed E-state index contributed by atoms with van der Waals surface area (Å²) < 4.78 is 0. The van der Waals surface area contributed by atoms with Gasteiger partial charge in [0.05, 0.1) is 0 Å². The van der Waals surface area contributed by atoms with Crippen LogP contribution in [0.4, 0.5) is 0 Å². The number of rotatable bonds is 2. The van der Waals surface area contributed by atoms with Gasteiger partial charge in [-0.25, -0.2) is 0 Å². The van der Waals surface area contributed by atoms with Crippen LogP contribution in [0.1, 0.15) is 33.6 Å². The maximum atomic E-state index is 4.08. The van der Waals surface area contributed by atoms with Crippen LogP contribution in [0.15, 0.2) is 12.2 Å². The molecule has 0 radical (unpaired) electrons. The van der Waals surface area contributed by atoms with E-state index < -0.39 is 0 Å². The Kier molecular flexibility index (Phi) is 2.18. The molecular formula is C10H18. The fourth-order valence-electron chi connectivity index (χ4n) is 1.83. The lowest BCUT2D eigenvalue weighted by molar-refractivity contribution is 0.133. The van der Waals surface area contributed by atoms with Crippen molar-refractivity contribution in [2.75, 3.05) is 0 Å². The third kappa shape index (κ3) is 1.12. The Morgan fingerprint density at radius 2 is 2.10 bits per heavy atom. The summed E-state index contributed by atoms with van der Waals surface area (Å²) in [5.74, 6) is 2.68. The van der Waals surface area contributed by atoms with E-state index in [1.807, 2.05) is 0 Å². The summed E-state index contributed by atoms with van der Waals surface area (Å²) in [5.41, 5.74) is 1.46. The lowest BCUT2D eigenvalue weighted by Crippen LogP contribution is -2.33. The summed E-state index contributed by atoms with van der Waals surface area (Å²) in [6.45, 7) is 11.0. The first-order valence-corrected chi connectivity index (χ1v) is 4.34. The van der Waals surface area contributed by atoms with Crippen LogP contribution >= 0.6 is 0 Å². The molecule has 0 aromatic carbocycles. The number of allylic oxidation sites excluding steroid dienone is 1. The minimum atomic E-state index is 0.847. The predicted molar refractivity (Wildman–Crippen MR) is 45.9 cm³/mol. The summed E-state index contributed by atoms with van der Waals surface area (Å²) in [6, 6.07) is 0. The summed E-state index contributed by atoms with van der Waals surface area (Å²) in [4.78, 5) is 0. The fraction of sp³-hybridized carbons (Fsp3) is 0.800. The molecule has 0 bridgehead atoms. The highest BCUT2D eigenvalue weighted by Crippen LogP contribution is 2.44. The molecule has 1 aliphatic carbocycles. The summed E-state index contributed by atoms with van der Waals surface area (Å²) in [7, 11) is 0. The van der Waals surface area contributed by atoms with E-state index in [-0.39, 0.29) is 0 Å². The smallest absolute Gasteiger partial charge is 0.0175 e. The molecule has 3 unspecified atom stereocenters. The molecule has 1 rings (SSSR count). The van der Waals surface area contributed by atoms with E-state index in [2.05, 4.69) is 27.4 Å². The fourth-order valence-corrected chi connectivity index (χ4v) is 1.83. The van der Waals surface area contributed by atoms with Gasteiger partial charge in [-0.15, -0.1) is 0 Å². The van der Waals surface area contributed by atoms with Crippen LogP contribution in [0.5, 0.6) is 0 Å². The van der Waals surface area contributed by atoms with Gasteiger partial charge in [-0.05, 0) is 30.6 Å². The largest absolute Gasteiger partial charge is 0.0996 e. The van der Waals surface area contributed by atoms with Gasteiger partial charge < -0.3 is 0 Å². The van der Waals surface area contributed by atoms with Crippen molar-refractivity contribution in [3.05, 3.63) is 12.2 Å². The molecule has 0 heteroatoms. The average molecular weight is 138 g/mol. The Labute approximate surface area is 64.3 Å². The summed E-state index contributed by atoms with van der Waals surface area (Å²) >= 11 is 0. The Bertz CT molecular complexity index is 135. The zero-order valence-electron chi connectivity index (χ0n) is 7.35. The highest BCUT2D eigenvalue weighted by molar-refractivity contribution is 5.07. The first-order chi connectivity index (χ1) is 4.66. The molecule has 0 saturated heterocycles. The number of hydrogen-bond donors (Lipinski definition) is 0. The second-order valence-electron chi connectivity index (χ2n) is 3.69. The molecule has 0 heterocycles. The van der Waals surface area contributed by atoms with Gasteiger partial charge in [-0.2, -0.15) is 0 Å². The third-order valence-electron chi connectivity index (χ3n) is 3.14. The highest BCUT2D eigenvalue weighted by Gasteiger charge is 2.34. The Hall–Kier alpha value is -0.260. The quantitative estimate of drug-likeness (QED) is 0.514. The molecule has 0 spiro atoms. The van der Waals surface area contributed by atoms with Gasteiger partial charge in [0.1, 0.15) is 0 Å². The first-order valence-electron chi connectivity index (χ1n) is 4.34. The van der Waals surface area contributed by atoms with Gasteiger partial charge in [0.15, 0.2) is 0 Å². The van der Waals surface area contributed by atoms with Crippen molar-refractivity contribution >= 4 is 0 Å². The highest BCUT2D eigenvalue weighted by atomic mass is 14.4. The van der Waals surface area contributed by atoms with E-state index in [0.29, 0.717) is 0 Å². The second-order valence-corrected chi connectivity index (χ2v) is 3.69. The first kappa shape index (κ1) is 7.84. The van der Waals surface area contributed by atoms with Gasteiger partial charge in [-0.3, -0.25) is 0 Å². The van der Waals surface area contributed by atoms with Crippen molar-refractivity contribution in [2.24, 2.45) is 17.8 Å². The molecule has 1 saturated carbocycles. The number of hydrogen-bond acceptors (Lipinski definition) is 0. The van der Waals surface area contributed by atoms with Gasteiger partial charge in [0.25, 0.3) is 0 Å². The molecule has 1 fully saturated rings. The van der Waals surface area contributed by atoms with E-state index in [9.17, 15) is 0 Å². The minimum Gasteiger partial charge on any atom is -0.0996 e. The Balaban J connectivity index is 2.40. The van der Waals surface area contributed by atoms with Crippen LogP contribution < -0.4 is 0 Å². The van der Waals surface area contributed by atoms with Crippen molar-refractivity contribution in [2.45, 2.75) is 33.6 Å². The van der Waals surface area contributed by atoms with Gasteiger partial charge in [-0.1, -0.05) is 32.9 Å². The zero-order chi connectivity index (χ0) is 7.72. The normalized spacial score (nSPS) is 38.9. The van der Waals surface area contributed by atoms with Gasteiger partial charge in [0.2, 0.25) is 0 Å². The van der Waals surface area contributed by atoms with Crippen molar-refractivity contribution in [3.63, 3.8) is 0 Å². The van der Waals surface area contributed by atoms with Crippen molar-refractivity contribution in [1.29, 1.82) is 0 Å². The van der Waals surface area contributed by atoms with Crippen LogP contribution in [0.2, 0.25) is 0 Å². The molecule has 0 nitrogen and oxygen atoms in total. The summed E-state index contributed by atoms with van der Waals surface area (Å²) in [6.07, 6.45) is 2.55. The van der Waals surface area contributed by atoms with Crippen LogP contribution in [-0.2, 0) is 0 Å². The van der Waals surface area contributed by atoms with Crippen LogP contribution in [0, 0.1) is 17.8 Å². The molecule has 1 aliphatic rings. The van der Waals surface area contributed by atoms with E-state index in [1.54, 1.807) is 0 Å². The predicted octanol–water partition coefficient (Wildman–Crippen LogP) is 3.24. The van der Waals surface area contributed by atoms with Gasteiger partial charge in [0, 0.05) is 0 Å². The lowest BCUT2D eigenvalue weighted by atomic mass is 9.63. The van der Waals surface area contributed by atoms with Crippen molar-refractivity contribution in [3.8, 4) is 0 Å². The molecule has 0 aliphatic heterocycles.